The van der Waals surface area contributed by atoms with Gasteiger partial charge in [-0.25, -0.2) is 10.1 Å². The Labute approximate surface area is 128 Å². The van der Waals surface area contributed by atoms with Crippen molar-refractivity contribution in [2.24, 2.45) is 12.1 Å². The number of aromatic nitrogens is 2. The van der Waals surface area contributed by atoms with E-state index in [9.17, 15) is 9.59 Å². The highest BCUT2D eigenvalue weighted by molar-refractivity contribution is 6.05. The summed E-state index contributed by atoms with van der Waals surface area (Å²) >= 11 is 0. The largest absolute Gasteiger partial charge is 0.292 e. The lowest BCUT2D eigenvalue weighted by molar-refractivity contribution is 0.0949. The summed E-state index contributed by atoms with van der Waals surface area (Å²) in [4.78, 5) is 24.3. The van der Waals surface area contributed by atoms with Crippen LogP contribution >= 0.6 is 0 Å². The molecule has 0 fully saturated rings. The number of nitrogens with one attached hydrogen (secondary N) is 1. The molecular weight excluding hydrogens is 280 g/mol. The average Bonchev–Trinajstić information content (AvgIpc) is 2.54. The molecule has 1 heterocycles. The Bertz CT molecular complexity index is 777. The van der Waals surface area contributed by atoms with Crippen LogP contribution in [-0.2, 0) is 7.05 Å². The van der Waals surface area contributed by atoms with Crippen LogP contribution in [-0.4, -0.2) is 21.4 Å². The van der Waals surface area contributed by atoms with Crippen molar-refractivity contribution >= 4 is 22.4 Å². The van der Waals surface area contributed by atoms with Gasteiger partial charge < -0.3 is 0 Å². The second kappa shape index (κ2) is 6.98. The molecule has 2 aromatic rings. The van der Waals surface area contributed by atoms with Crippen LogP contribution < -0.4 is 11.0 Å². The van der Waals surface area contributed by atoms with Crippen molar-refractivity contribution in [1.29, 1.82) is 0 Å². The van der Waals surface area contributed by atoms with Crippen molar-refractivity contribution in [1.82, 2.24) is 15.2 Å². The first kappa shape index (κ1) is 15.9. The van der Waals surface area contributed by atoms with Crippen LogP contribution in [0.2, 0.25) is 0 Å². The summed E-state index contributed by atoms with van der Waals surface area (Å²) in [6.07, 6.45) is 2.96. The van der Waals surface area contributed by atoms with Crippen LogP contribution in [0.25, 0.3) is 10.8 Å². The van der Waals surface area contributed by atoms with Crippen molar-refractivity contribution in [2.45, 2.75) is 33.1 Å². The van der Waals surface area contributed by atoms with E-state index in [0.717, 1.165) is 25.0 Å². The van der Waals surface area contributed by atoms with E-state index in [1.165, 1.54) is 11.7 Å². The molecule has 0 bridgehead atoms. The normalized spacial score (nSPS) is 11.7. The lowest BCUT2D eigenvalue weighted by Crippen LogP contribution is -2.27. The Morgan fingerprint density at radius 1 is 1.32 bits per heavy atom. The zero-order valence-corrected chi connectivity index (χ0v) is 13.1. The average molecular weight is 300 g/mol. The summed E-state index contributed by atoms with van der Waals surface area (Å²) in [5, 5.41) is 9.15. The molecule has 116 valence electrons. The van der Waals surface area contributed by atoms with Crippen molar-refractivity contribution in [3.63, 3.8) is 0 Å². The number of fused-ring (bicyclic) bond motifs is 1. The summed E-state index contributed by atoms with van der Waals surface area (Å²) in [5.41, 5.74) is 3.35. The van der Waals surface area contributed by atoms with Gasteiger partial charge in [0.15, 0.2) is 5.69 Å². The highest BCUT2D eigenvalue weighted by Crippen LogP contribution is 2.12. The van der Waals surface area contributed by atoms with Gasteiger partial charge in [0.2, 0.25) is 0 Å². The van der Waals surface area contributed by atoms with E-state index >= 15 is 0 Å². The molecule has 1 aromatic heterocycles. The molecule has 0 spiro atoms. The quantitative estimate of drug-likeness (QED) is 0.679. The van der Waals surface area contributed by atoms with Crippen molar-refractivity contribution in [2.75, 3.05) is 0 Å². The van der Waals surface area contributed by atoms with Gasteiger partial charge in [0.1, 0.15) is 0 Å². The third-order valence-corrected chi connectivity index (χ3v) is 3.41. The smallest absolute Gasteiger partial charge is 0.267 e. The van der Waals surface area contributed by atoms with Gasteiger partial charge in [-0.3, -0.25) is 9.59 Å². The highest BCUT2D eigenvalue weighted by Gasteiger charge is 2.15. The SMILES string of the molecule is CCCC/C(C)=N\NC(=O)c1nn(C)c(=O)c2ccccc12. The van der Waals surface area contributed by atoms with E-state index < -0.39 is 5.91 Å². The van der Waals surface area contributed by atoms with Gasteiger partial charge >= 0.3 is 0 Å². The molecule has 0 aliphatic heterocycles. The summed E-state index contributed by atoms with van der Waals surface area (Å²) in [6, 6.07) is 6.94. The molecule has 22 heavy (non-hydrogen) atoms. The highest BCUT2D eigenvalue weighted by atomic mass is 16.2. The van der Waals surface area contributed by atoms with E-state index in [-0.39, 0.29) is 11.3 Å². The Kier molecular flexibility index (Phi) is 5.04. The van der Waals surface area contributed by atoms with Crippen LogP contribution in [0.5, 0.6) is 0 Å². The molecule has 1 aromatic carbocycles. The van der Waals surface area contributed by atoms with E-state index in [0.29, 0.717) is 10.8 Å². The third kappa shape index (κ3) is 3.39. The molecule has 0 atom stereocenters. The van der Waals surface area contributed by atoms with Gasteiger partial charge in [-0.1, -0.05) is 31.5 Å². The van der Waals surface area contributed by atoms with Crippen LogP contribution in [0.1, 0.15) is 43.6 Å². The first-order valence-corrected chi connectivity index (χ1v) is 7.34. The zero-order chi connectivity index (χ0) is 16.1. The molecule has 6 heteroatoms. The number of hydrogen-bond donors (Lipinski definition) is 1. The molecule has 0 saturated carbocycles. The predicted octanol–water partition coefficient (Wildman–Crippen LogP) is 2.23. The Balaban J connectivity index is 2.33. The topological polar surface area (TPSA) is 76.3 Å². The van der Waals surface area contributed by atoms with Crippen LogP contribution in [0.4, 0.5) is 0 Å². The maximum absolute atomic E-state index is 12.3. The van der Waals surface area contributed by atoms with Crippen LogP contribution in [0, 0.1) is 0 Å². The van der Waals surface area contributed by atoms with Gasteiger partial charge in [0, 0.05) is 18.1 Å². The number of carbonyl (C=O) groups is 1. The molecule has 1 amide bonds. The molecule has 0 unspecified atom stereocenters. The number of hydrogen-bond acceptors (Lipinski definition) is 4. The summed E-state index contributed by atoms with van der Waals surface area (Å²) < 4.78 is 1.17. The van der Waals surface area contributed by atoms with E-state index in [1.54, 1.807) is 24.3 Å². The van der Waals surface area contributed by atoms with Gasteiger partial charge in [-0.05, 0) is 25.8 Å². The predicted molar refractivity (Wildman–Crippen MR) is 87.1 cm³/mol. The fraction of sp³-hybridized carbons (Fsp3) is 0.375. The minimum atomic E-state index is -0.414. The van der Waals surface area contributed by atoms with Crippen molar-refractivity contribution in [3.05, 3.63) is 40.3 Å². The maximum Gasteiger partial charge on any atom is 0.292 e. The molecule has 0 radical (unpaired) electrons. The molecule has 0 aliphatic carbocycles. The number of amides is 1. The molecule has 2 rings (SSSR count). The Hall–Kier alpha value is -2.50. The van der Waals surface area contributed by atoms with Gasteiger partial charge in [-0.15, -0.1) is 0 Å². The number of unbranched alkanes of at least 4 members (excludes halogenated alkanes) is 1. The Morgan fingerprint density at radius 3 is 2.68 bits per heavy atom. The number of hydrazone groups is 1. The fourth-order valence-electron chi connectivity index (χ4n) is 2.16. The minimum Gasteiger partial charge on any atom is -0.267 e. The minimum absolute atomic E-state index is 0.199. The number of rotatable bonds is 5. The number of nitrogens with zero attached hydrogens (tertiary/aromatic N) is 3. The molecule has 0 aliphatic rings. The zero-order valence-electron chi connectivity index (χ0n) is 13.1. The van der Waals surface area contributed by atoms with Crippen molar-refractivity contribution in [3.8, 4) is 0 Å². The molecule has 0 saturated heterocycles. The number of benzene rings is 1. The third-order valence-electron chi connectivity index (χ3n) is 3.41. The standard InChI is InChI=1S/C16H20N4O2/c1-4-5-8-11(2)17-18-15(21)14-12-9-6-7-10-13(12)16(22)20(3)19-14/h6-7,9-10H,4-5,8H2,1-3H3,(H,18,21)/b17-11-. The molecule has 6 nitrogen and oxygen atoms in total. The Morgan fingerprint density at radius 2 is 2.00 bits per heavy atom. The lowest BCUT2D eigenvalue weighted by atomic mass is 10.1. The summed E-state index contributed by atoms with van der Waals surface area (Å²) in [7, 11) is 1.53. The monoisotopic (exact) mass is 300 g/mol. The van der Waals surface area contributed by atoms with E-state index in [4.69, 9.17) is 0 Å². The summed E-state index contributed by atoms with van der Waals surface area (Å²) in [5.74, 6) is -0.414. The summed E-state index contributed by atoms with van der Waals surface area (Å²) in [6.45, 7) is 3.98. The lowest BCUT2D eigenvalue weighted by Gasteiger charge is -2.07. The fourth-order valence-corrected chi connectivity index (χ4v) is 2.16. The van der Waals surface area contributed by atoms with E-state index in [2.05, 4.69) is 22.5 Å². The maximum atomic E-state index is 12.3. The van der Waals surface area contributed by atoms with Crippen molar-refractivity contribution < 1.29 is 4.79 Å². The molecule has 1 N–H and O–H groups in total. The number of aryl methyl sites for hydroxylation is 1. The van der Waals surface area contributed by atoms with Gasteiger partial charge in [0.25, 0.3) is 11.5 Å². The first-order chi connectivity index (χ1) is 10.5. The van der Waals surface area contributed by atoms with Gasteiger partial charge in [-0.2, -0.15) is 10.2 Å². The van der Waals surface area contributed by atoms with Crippen LogP contribution in [0.15, 0.2) is 34.2 Å². The van der Waals surface area contributed by atoms with Gasteiger partial charge in [0.05, 0.1) is 5.39 Å². The number of carbonyl (C=O) groups excluding carboxylic acids is 1. The molecular formula is C16H20N4O2. The second-order valence-electron chi connectivity index (χ2n) is 5.21. The first-order valence-electron chi connectivity index (χ1n) is 7.34. The van der Waals surface area contributed by atoms with Crippen LogP contribution in [0.3, 0.4) is 0 Å². The van der Waals surface area contributed by atoms with E-state index in [1.807, 2.05) is 6.92 Å². The second-order valence-corrected chi connectivity index (χ2v) is 5.21.